The summed E-state index contributed by atoms with van der Waals surface area (Å²) in [6.45, 7) is 1.69. The highest BCUT2D eigenvalue weighted by Gasteiger charge is 2.14. The van der Waals surface area contributed by atoms with Gasteiger partial charge >= 0.3 is 0 Å². The molecule has 0 amide bonds. The first kappa shape index (κ1) is 11.4. The molecule has 0 saturated carbocycles. The number of hydrogen-bond acceptors (Lipinski definition) is 2. The van der Waals surface area contributed by atoms with Gasteiger partial charge in [-0.05, 0) is 53.3 Å². The number of nitrogens with two attached hydrogens (primary N) is 1. The Hall–Kier alpha value is 0.350. The van der Waals surface area contributed by atoms with E-state index in [9.17, 15) is 5.11 Å². The van der Waals surface area contributed by atoms with Gasteiger partial charge in [0.15, 0.2) is 0 Å². The molecule has 0 aliphatic heterocycles. The smallest absolute Gasteiger partial charge is 0.0705 e. The standard InChI is InChI=1S/C9H11BrINO/c1-5(13)9(12)7-4-6(11)2-3-8(7)10/h2-5,9,13H,12H2,1H3/t5-,9-/m0/s1. The van der Waals surface area contributed by atoms with Crippen LogP contribution in [0.2, 0.25) is 0 Å². The molecule has 0 fully saturated rings. The van der Waals surface area contributed by atoms with E-state index in [2.05, 4.69) is 38.5 Å². The maximum atomic E-state index is 9.34. The van der Waals surface area contributed by atoms with E-state index in [1.54, 1.807) is 6.92 Å². The average Bonchev–Trinajstić information content (AvgIpc) is 2.08. The molecule has 0 aliphatic carbocycles. The molecule has 0 heterocycles. The third-order valence-electron chi connectivity index (χ3n) is 1.84. The van der Waals surface area contributed by atoms with Crippen molar-refractivity contribution in [1.82, 2.24) is 0 Å². The lowest BCUT2D eigenvalue weighted by Gasteiger charge is -2.16. The average molecular weight is 356 g/mol. The van der Waals surface area contributed by atoms with Crippen LogP contribution in [0, 0.1) is 3.57 Å². The van der Waals surface area contributed by atoms with Crippen LogP contribution < -0.4 is 5.73 Å². The van der Waals surface area contributed by atoms with Crippen molar-refractivity contribution in [2.45, 2.75) is 19.1 Å². The Balaban J connectivity index is 3.05. The zero-order valence-electron chi connectivity index (χ0n) is 7.17. The van der Waals surface area contributed by atoms with Crippen molar-refractivity contribution in [1.29, 1.82) is 0 Å². The molecule has 4 heteroatoms. The van der Waals surface area contributed by atoms with Gasteiger partial charge in [0.1, 0.15) is 0 Å². The van der Waals surface area contributed by atoms with Crippen LogP contribution in [0.4, 0.5) is 0 Å². The predicted octanol–water partition coefficient (Wildman–Crippen LogP) is 2.43. The summed E-state index contributed by atoms with van der Waals surface area (Å²) in [6, 6.07) is 5.58. The van der Waals surface area contributed by atoms with E-state index in [0.717, 1.165) is 13.6 Å². The molecule has 13 heavy (non-hydrogen) atoms. The van der Waals surface area contributed by atoms with Gasteiger partial charge in [-0.15, -0.1) is 0 Å². The maximum Gasteiger partial charge on any atom is 0.0705 e. The second-order valence-corrected chi connectivity index (χ2v) is 5.03. The summed E-state index contributed by atoms with van der Waals surface area (Å²) >= 11 is 5.63. The lowest BCUT2D eigenvalue weighted by atomic mass is 10.0. The van der Waals surface area contributed by atoms with Gasteiger partial charge in [-0.3, -0.25) is 0 Å². The number of halogens is 2. The van der Waals surface area contributed by atoms with Crippen LogP contribution in [0.3, 0.4) is 0 Å². The topological polar surface area (TPSA) is 46.2 Å². The first-order valence-corrected chi connectivity index (χ1v) is 5.78. The Morgan fingerprint density at radius 2 is 2.15 bits per heavy atom. The molecule has 2 nitrogen and oxygen atoms in total. The zero-order valence-corrected chi connectivity index (χ0v) is 10.9. The highest BCUT2D eigenvalue weighted by atomic mass is 127. The van der Waals surface area contributed by atoms with Crippen molar-refractivity contribution >= 4 is 38.5 Å². The molecule has 1 aromatic rings. The van der Waals surface area contributed by atoms with Gasteiger partial charge in [0, 0.05) is 8.04 Å². The molecule has 2 atom stereocenters. The second-order valence-electron chi connectivity index (χ2n) is 2.93. The van der Waals surface area contributed by atoms with Crippen LogP contribution >= 0.6 is 38.5 Å². The second kappa shape index (κ2) is 4.72. The van der Waals surface area contributed by atoms with E-state index in [4.69, 9.17) is 5.73 Å². The monoisotopic (exact) mass is 355 g/mol. The number of benzene rings is 1. The van der Waals surface area contributed by atoms with Gasteiger partial charge < -0.3 is 10.8 Å². The van der Waals surface area contributed by atoms with Crippen molar-refractivity contribution in [3.05, 3.63) is 31.8 Å². The van der Waals surface area contributed by atoms with Crippen molar-refractivity contribution in [3.63, 3.8) is 0 Å². The number of aliphatic hydroxyl groups is 1. The van der Waals surface area contributed by atoms with Crippen molar-refractivity contribution < 1.29 is 5.11 Å². The van der Waals surface area contributed by atoms with E-state index in [1.807, 2.05) is 18.2 Å². The van der Waals surface area contributed by atoms with Crippen molar-refractivity contribution in [3.8, 4) is 0 Å². The van der Waals surface area contributed by atoms with Gasteiger partial charge in [0.25, 0.3) is 0 Å². The van der Waals surface area contributed by atoms with Gasteiger partial charge in [-0.2, -0.15) is 0 Å². The third kappa shape index (κ3) is 2.90. The predicted molar refractivity (Wildman–Crippen MR) is 65.5 cm³/mol. The SMILES string of the molecule is C[C@H](O)[C@H](N)c1cc(I)ccc1Br. The first-order valence-electron chi connectivity index (χ1n) is 3.91. The molecular formula is C9H11BrINO. The van der Waals surface area contributed by atoms with Crippen LogP contribution in [0.15, 0.2) is 22.7 Å². The maximum absolute atomic E-state index is 9.34. The fourth-order valence-electron chi connectivity index (χ4n) is 1.03. The van der Waals surface area contributed by atoms with Crippen LogP contribution in [0.5, 0.6) is 0 Å². The molecule has 0 spiro atoms. The molecule has 0 saturated heterocycles. The fraction of sp³-hybridized carbons (Fsp3) is 0.333. The minimum atomic E-state index is -0.533. The third-order valence-corrected chi connectivity index (χ3v) is 3.23. The van der Waals surface area contributed by atoms with Crippen molar-refractivity contribution in [2.24, 2.45) is 5.73 Å². The molecular weight excluding hydrogens is 345 g/mol. The lowest BCUT2D eigenvalue weighted by molar-refractivity contribution is 0.164. The minimum Gasteiger partial charge on any atom is -0.391 e. The Morgan fingerprint density at radius 1 is 1.54 bits per heavy atom. The molecule has 0 unspecified atom stereocenters. The highest BCUT2D eigenvalue weighted by molar-refractivity contribution is 14.1. The van der Waals surface area contributed by atoms with E-state index < -0.39 is 6.10 Å². The largest absolute Gasteiger partial charge is 0.391 e. The normalized spacial score (nSPS) is 15.5. The van der Waals surface area contributed by atoms with Gasteiger partial charge in [0.2, 0.25) is 0 Å². The Bertz CT molecular complexity index is 304. The van der Waals surface area contributed by atoms with Gasteiger partial charge in [-0.25, -0.2) is 0 Å². The van der Waals surface area contributed by atoms with Crippen LogP contribution in [0.25, 0.3) is 0 Å². The van der Waals surface area contributed by atoms with Crippen molar-refractivity contribution in [2.75, 3.05) is 0 Å². The highest BCUT2D eigenvalue weighted by Crippen LogP contribution is 2.25. The summed E-state index contributed by atoms with van der Waals surface area (Å²) in [6.07, 6.45) is -0.533. The van der Waals surface area contributed by atoms with E-state index in [0.29, 0.717) is 0 Å². The molecule has 3 N–H and O–H groups in total. The Labute approximate surface area is 99.8 Å². The molecule has 0 radical (unpaired) electrons. The summed E-state index contributed by atoms with van der Waals surface area (Å²) in [5, 5.41) is 9.34. The Kier molecular flexibility index (Phi) is 4.15. The molecule has 0 bridgehead atoms. The summed E-state index contributed by atoms with van der Waals surface area (Å²) < 4.78 is 2.06. The summed E-state index contributed by atoms with van der Waals surface area (Å²) in [4.78, 5) is 0. The van der Waals surface area contributed by atoms with Crippen LogP contribution in [0.1, 0.15) is 18.5 Å². The van der Waals surface area contributed by atoms with Gasteiger partial charge in [0.05, 0.1) is 12.1 Å². The molecule has 0 aliphatic rings. The number of aliphatic hydroxyl groups excluding tert-OH is 1. The van der Waals surface area contributed by atoms with E-state index >= 15 is 0 Å². The van der Waals surface area contributed by atoms with Crippen LogP contribution in [-0.4, -0.2) is 11.2 Å². The minimum absolute atomic E-state index is 0.330. The van der Waals surface area contributed by atoms with Crippen LogP contribution in [-0.2, 0) is 0 Å². The van der Waals surface area contributed by atoms with E-state index in [-0.39, 0.29) is 6.04 Å². The number of rotatable bonds is 2. The number of hydrogen-bond donors (Lipinski definition) is 2. The Morgan fingerprint density at radius 3 is 2.69 bits per heavy atom. The molecule has 1 aromatic carbocycles. The first-order chi connectivity index (χ1) is 6.02. The summed E-state index contributed by atoms with van der Waals surface area (Å²) in [7, 11) is 0. The quantitative estimate of drug-likeness (QED) is 0.800. The fourth-order valence-corrected chi connectivity index (χ4v) is 2.06. The lowest BCUT2D eigenvalue weighted by Crippen LogP contribution is -2.23. The van der Waals surface area contributed by atoms with Gasteiger partial charge in [-0.1, -0.05) is 15.9 Å². The van der Waals surface area contributed by atoms with E-state index in [1.165, 1.54) is 0 Å². The summed E-state index contributed by atoms with van der Waals surface area (Å²) in [5.41, 5.74) is 6.77. The molecule has 72 valence electrons. The molecule has 0 aromatic heterocycles. The zero-order chi connectivity index (χ0) is 10.0. The summed E-state index contributed by atoms with van der Waals surface area (Å²) in [5.74, 6) is 0. The molecule has 1 rings (SSSR count).